The highest BCUT2D eigenvalue weighted by atomic mass is 35.5. The number of hydrogen-bond acceptors (Lipinski definition) is 3. The molecule has 0 N–H and O–H groups in total. The highest BCUT2D eigenvalue weighted by Crippen LogP contribution is 2.23. The molecule has 1 aromatic carbocycles. The molecule has 0 saturated heterocycles. The van der Waals surface area contributed by atoms with Gasteiger partial charge in [-0.05, 0) is 6.07 Å². The van der Waals surface area contributed by atoms with Gasteiger partial charge in [-0.1, -0.05) is 0 Å². The second-order valence-corrected chi connectivity index (χ2v) is 2.57. The molecule has 0 radical (unpaired) electrons. The fourth-order valence-electron chi connectivity index (χ4n) is 0.856. The van der Waals surface area contributed by atoms with E-state index in [1.54, 1.807) is 0 Å². The van der Waals surface area contributed by atoms with Crippen molar-refractivity contribution in [3.8, 4) is 5.75 Å². The Labute approximate surface area is 82.2 Å². The molecular formula is C8H3ClF2O3. The Morgan fingerprint density at radius 1 is 1.43 bits per heavy atom. The summed E-state index contributed by atoms with van der Waals surface area (Å²) in [6.45, 7) is 0. The Hall–Kier alpha value is -1.49. The van der Waals surface area contributed by atoms with E-state index in [0.29, 0.717) is 6.07 Å². The fourth-order valence-corrected chi connectivity index (χ4v) is 0.933. The molecule has 1 rings (SSSR count). The van der Waals surface area contributed by atoms with Gasteiger partial charge in [-0.2, -0.15) is 0 Å². The Kier molecular flexibility index (Phi) is 3.14. The van der Waals surface area contributed by atoms with Crippen LogP contribution in [0.15, 0.2) is 12.1 Å². The lowest BCUT2D eigenvalue weighted by Crippen LogP contribution is -2.02. The van der Waals surface area contributed by atoms with Gasteiger partial charge in [-0.3, -0.25) is 4.79 Å². The van der Waals surface area contributed by atoms with Gasteiger partial charge in [0.2, 0.25) is 0 Å². The zero-order valence-corrected chi connectivity index (χ0v) is 7.35. The highest BCUT2D eigenvalue weighted by molar-refractivity contribution is 6.61. The Morgan fingerprint density at radius 3 is 2.57 bits per heavy atom. The van der Waals surface area contributed by atoms with Crippen molar-refractivity contribution < 1.29 is 23.1 Å². The lowest BCUT2D eigenvalue weighted by molar-refractivity contribution is 0.112. The average molecular weight is 221 g/mol. The van der Waals surface area contributed by atoms with Gasteiger partial charge < -0.3 is 4.74 Å². The molecule has 0 unspecified atom stereocenters. The van der Waals surface area contributed by atoms with E-state index >= 15 is 0 Å². The summed E-state index contributed by atoms with van der Waals surface area (Å²) in [6.07, 6.45) is 0.154. The van der Waals surface area contributed by atoms with Crippen LogP contribution in [0.1, 0.15) is 10.4 Å². The van der Waals surface area contributed by atoms with E-state index in [-0.39, 0.29) is 6.29 Å². The fraction of sp³-hybridized carbons (Fsp3) is 0. The van der Waals surface area contributed by atoms with E-state index < -0.39 is 28.4 Å². The van der Waals surface area contributed by atoms with Gasteiger partial charge in [-0.15, -0.1) is 0 Å². The summed E-state index contributed by atoms with van der Waals surface area (Å²) in [4.78, 5) is 20.6. The van der Waals surface area contributed by atoms with Crippen LogP contribution in [-0.4, -0.2) is 11.7 Å². The maximum atomic E-state index is 12.9. The van der Waals surface area contributed by atoms with Gasteiger partial charge in [0.25, 0.3) is 0 Å². The normalized spacial score (nSPS) is 9.64. The van der Waals surface area contributed by atoms with Crippen LogP contribution in [0.3, 0.4) is 0 Å². The van der Waals surface area contributed by atoms with E-state index in [2.05, 4.69) is 4.74 Å². The van der Waals surface area contributed by atoms with Crippen LogP contribution in [0, 0.1) is 11.6 Å². The standard InChI is InChI=1S/C8H3ClF2O3/c9-8(13)14-7-4(3-12)1-5(10)2-6(7)11/h1-3H. The lowest BCUT2D eigenvalue weighted by atomic mass is 10.2. The van der Waals surface area contributed by atoms with Crippen LogP contribution in [0.5, 0.6) is 5.75 Å². The van der Waals surface area contributed by atoms with Crippen LogP contribution in [-0.2, 0) is 0 Å². The summed E-state index contributed by atoms with van der Waals surface area (Å²) in [7, 11) is 0. The average Bonchev–Trinajstić information content (AvgIpc) is 2.08. The minimum Gasteiger partial charge on any atom is -0.411 e. The number of rotatable bonds is 2. The Bertz CT molecular complexity index is 392. The number of hydrogen-bond donors (Lipinski definition) is 0. The van der Waals surface area contributed by atoms with E-state index in [9.17, 15) is 18.4 Å². The van der Waals surface area contributed by atoms with E-state index in [0.717, 1.165) is 6.07 Å². The zero-order chi connectivity index (χ0) is 10.7. The molecule has 0 fully saturated rings. The molecule has 3 nitrogen and oxygen atoms in total. The van der Waals surface area contributed by atoms with Gasteiger partial charge >= 0.3 is 5.43 Å². The van der Waals surface area contributed by atoms with Gasteiger partial charge in [0.15, 0.2) is 17.9 Å². The molecule has 14 heavy (non-hydrogen) atoms. The smallest absolute Gasteiger partial charge is 0.409 e. The van der Waals surface area contributed by atoms with Crippen molar-refractivity contribution in [1.82, 2.24) is 0 Å². The van der Waals surface area contributed by atoms with Crippen molar-refractivity contribution in [1.29, 1.82) is 0 Å². The highest BCUT2D eigenvalue weighted by Gasteiger charge is 2.14. The number of carbonyl (C=O) groups is 2. The van der Waals surface area contributed by atoms with Gasteiger partial charge in [-0.25, -0.2) is 13.6 Å². The molecule has 1 aromatic rings. The van der Waals surface area contributed by atoms with Crippen molar-refractivity contribution in [2.75, 3.05) is 0 Å². The molecule has 0 amide bonds. The van der Waals surface area contributed by atoms with Gasteiger partial charge in [0.1, 0.15) is 5.82 Å². The van der Waals surface area contributed by atoms with Gasteiger partial charge in [0.05, 0.1) is 5.56 Å². The summed E-state index contributed by atoms with van der Waals surface area (Å²) in [6, 6.07) is 1.20. The first-order chi connectivity index (χ1) is 6.54. The predicted octanol–water partition coefficient (Wildman–Crippen LogP) is 2.51. The van der Waals surface area contributed by atoms with Crippen LogP contribution < -0.4 is 4.74 Å². The van der Waals surface area contributed by atoms with Crippen molar-refractivity contribution in [3.63, 3.8) is 0 Å². The first-order valence-electron chi connectivity index (χ1n) is 3.36. The third-order valence-corrected chi connectivity index (χ3v) is 1.42. The number of aldehydes is 1. The third kappa shape index (κ3) is 2.26. The molecule has 0 atom stereocenters. The summed E-state index contributed by atoms with van der Waals surface area (Å²) in [5.74, 6) is -2.79. The first-order valence-corrected chi connectivity index (χ1v) is 3.74. The second kappa shape index (κ2) is 4.15. The molecular weight excluding hydrogens is 218 g/mol. The van der Waals surface area contributed by atoms with E-state index in [1.165, 1.54) is 0 Å². The molecule has 0 aromatic heterocycles. The predicted molar refractivity (Wildman–Crippen MR) is 43.6 cm³/mol. The molecule has 0 spiro atoms. The van der Waals surface area contributed by atoms with Crippen molar-refractivity contribution in [2.45, 2.75) is 0 Å². The SMILES string of the molecule is O=Cc1cc(F)cc(F)c1OC(=O)Cl. The molecule has 0 aliphatic heterocycles. The van der Waals surface area contributed by atoms with Crippen LogP contribution in [0.25, 0.3) is 0 Å². The van der Waals surface area contributed by atoms with E-state index in [1.807, 2.05) is 0 Å². The molecule has 0 aliphatic carbocycles. The Morgan fingerprint density at radius 2 is 2.07 bits per heavy atom. The first kappa shape index (κ1) is 10.6. The molecule has 0 aliphatic rings. The van der Waals surface area contributed by atoms with Crippen LogP contribution in [0.2, 0.25) is 0 Å². The van der Waals surface area contributed by atoms with Crippen LogP contribution in [0.4, 0.5) is 13.6 Å². The van der Waals surface area contributed by atoms with E-state index in [4.69, 9.17) is 11.6 Å². The summed E-state index contributed by atoms with van der Waals surface area (Å²) in [5.41, 5.74) is -1.73. The summed E-state index contributed by atoms with van der Waals surface area (Å²) >= 11 is 4.82. The minimum absolute atomic E-state index is 0.154. The van der Waals surface area contributed by atoms with Gasteiger partial charge in [0, 0.05) is 17.7 Å². The number of carbonyl (C=O) groups excluding carboxylic acids is 2. The lowest BCUT2D eigenvalue weighted by Gasteiger charge is -2.04. The monoisotopic (exact) mass is 220 g/mol. The Balaban J connectivity index is 3.24. The number of halogens is 3. The molecule has 0 saturated carbocycles. The van der Waals surface area contributed by atoms with Crippen molar-refractivity contribution in [3.05, 3.63) is 29.3 Å². The number of benzene rings is 1. The minimum atomic E-state index is -1.31. The second-order valence-electron chi connectivity index (χ2n) is 2.26. The maximum absolute atomic E-state index is 12.9. The topological polar surface area (TPSA) is 43.4 Å². The third-order valence-electron chi connectivity index (χ3n) is 1.35. The summed E-state index contributed by atoms with van der Waals surface area (Å²) < 4.78 is 29.7. The molecule has 74 valence electrons. The largest absolute Gasteiger partial charge is 0.411 e. The number of ether oxygens (including phenoxy) is 1. The van der Waals surface area contributed by atoms with Crippen molar-refractivity contribution in [2.24, 2.45) is 0 Å². The quantitative estimate of drug-likeness (QED) is 0.568. The molecule has 0 heterocycles. The summed E-state index contributed by atoms with van der Waals surface area (Å²) in [5, 5.41) is 0. The molecule has 6 heteroatoms. The zero-order valence-electron chi connectivity index (χ0n) is 6.59. The molecule has 0 bridgehead atoms. The maximum Gasteiger partial charge on any atom is 0.409 e. The van der Waals surface area contributed by atoms with Crippen LogP contribution >= 0.6 is 11.6 Å². The van der Waals surface area contributed by atoms with Crippen molar-refractivity contribution >= 4 is 23.3 Å².